The van der Waals surface area contributed by atoms with Crippen molar-refractivity contribution in [2.45, 2.75) is 77.5 Å². The van der Waals surface area contributed by atoms with Crippen LogP contribution < -0.4 is 0 Å². The predicted octanol–water partition coefficient (Wildman–Crippen LogP) is 5.98. The molecule has 0 bridgehead atoms. The van der Waals surface area contributed by atoms with Crippen LogP contribution in [0.4, 0.5) is 13.2 Å². The SMILES string of the molecule is C/C=C1/[C@H]2[C@@H](C)[C@H]2[C@H]2[C@@H]3CC[C@@H]4C[C@@](O)(C(F)(F)F)CC[C@@H]4[C@H]3CC[C@]12C. The van der Waals surface area contributed by atoms with Crippen LogP contribution in [-0.4, -0.2) is 16.9 Å². The van der Waals surface area contributed by atoms with Crippen molar-refractivity contribution < 1.29 is 18.3 Å². The van der Waals surface area contributed by atoms with Crippen molar-refractivity contribution in [1.29, 1.82) is 0 Å². The fourth-order valence-corrected chi connectivity index (χ4v) is 8.87. The molecule has 1 nitrogen and oxygen atoms in total. The van der Waals surface area contributed by atoms with E-state index >= 15 is 0 Å². The number of rotatable bonds is 0. The summed E-state index contributed by atoms with van der Waals surface area (Å²) in [7, 11) is 0. The fraction of sp³-hybridized carbons (Fsp3) is 0.913. The van der Waals surface area contributed by atoms with Gasteiger partial charge in [-0.05, 0) is 105 Å². The van der Waals surface area contributed by atoms with Gasteiger partial charge in [-0.25, -0.2) is 0 Å². The Morgan fingerprint density at radius 1 is 1.04 bits per heavy atom. The molecule has 5 aliphatic carbocycles. The topological polar surface area (TPSA) is 20.2 Å². The van der Waals surface area contributed by atoms with Gasteiger partial charge in [-0.15, -0.1) is 0 Å². The highest BCUT2D eigenvalue weighted by atomic mass is 19.4. The zero-order chi connectivity index (χ0) is 19.4. The summed E-state index contributed by atoms with van der Waals surface area (Å²) in [6.45, 7) is 7.09. The van der Waals surface area contributed by atoms with Gasteiger partial charge in [0.05, 0.1) is 0 Å². The van der Waals surface area contributed by atoms with Crippen molar-refractivity contribution in [2.24, 2.45) is 52.8 Å². The van der Waals surface area contributed by atoms with Crippen molar-refractivity contribution in [3.63, 3.8) is 0 Å². The van der Waals surface area contributed by atoms with Gasteiger partial charge in [0.25, 0.3) is 0 Å². The Hall–Kier alpha value is -0.510. The first-order valence-electron chi connectivity index (χ1n) is 11.1. The summed E-state index contributed by atoms with van der Waals surface area (Å²) in [4.78, 5) is 0. The third kappa shape index (κ3) is 2.28. The quantitative estimate of drug-likeness (QED) is 0.511. The Morgan fingerprint density at radius 3 is 2.41 bits per heavy atom. The third-order valence-electron chi connectivity index (χ3n) is 9.98. The summed E-state index contributed by atoms with van der Waals surface area (Å²) in [5.74, 6) is 4.88. The molecule has 0 aromatic rings. The van der Waals surface area contributed by atoms with E-state index in [0.29, 0.717) is 29.6 Å². The molecule has 0 unspecified atom stereocenters. The summed E-state index contributed by atoms with van der Waals surface area (Å²) >= 11 is 0. The smallest absolute Gasteiger partial charge is 0.380 e. The molecule has 0 radical (unpaired) electrons. The van der Waals surface area contributed by atoms with Crippen molar-refractivity contribution in [2.75, 3.05) is 0 Å². The van der Waals surface area contributed by atoms with Gasteiger partial charge in [0.1, 0.15) is 0 Å². The van der Waals surface area contributed by atoms with E-state index in [1.54, 1.807) is 5.57 Å². The molecular weight excluding hydrogens is 349 g/mol. The van der Waals surface area contributed by atoms with Gasteiger partial charge >= 0.3 is 6.18 Å². The molecule has 152 valence electrons. The van der Waals surface area contributed by atoms with Gasteiger partial charge in [0, 0.05) is 0 Å². The lowest BCUT2D eigenvalue weighted by Gasteiger charge is -2.57. The van der Waals surface area contributed by atoms with Crippen molar-refractivity contribution in [1.82, 2.24) is 0 Å². The number of allylic oxidation sites excluding steroid dienone is 2. The maximum Gasteiger partial charge on any atom is 0.417 e. The monoisotopic (exact) mass is 382 g/mol. The van der Waals surface area contributed by atoms with E-state index in [-0.39, 0.29) is 18.8 Å². The zero-order valence-electron chi connectivity index (χ0n) is 16.7. The number of halogens is 3. The van der Waals surface area contributed by atoms with Crippen LogP contribution in [0.15, 0.2) is 11.6 Å². The van der Waals surface area contributed by atoms with Gasteiger partial charge in [0.2, 0.25) is 0 Å². The molecule has 10 atom stereocenters. The lowest BCUT2D eigenvalue weighted by Crippen LogP contribution is -2.55. The standard InChI is InChI=1S/C23H33F3O/c1-4-17-18-12(2)19(18)20-16-6-5-13-11-22(27,23(24,25)26)10-8-14(13)15(16)7-9-21(17,20)3/h4,12-16,18-20,27H,5-11H2,1-3H3/b17-4-/t12-,13-,14+,15-,16-,18-,19-,20-,21-,22-/m1/s1. The van der Waals surface area contributed by atoms with Gasteiger partial charge in [-0.2, -0.15) is 13.2 Å². The molecule has 5 fully saturated rings. The van der Waals surface area contributed by atoms with E-state index in [1.165, 1.54) is 12.8 Å². The van der Waals surface area contributed by atoms with Crippen molar-refractivity contribution in [3.05, 3.63) is 11.6 Å². The lowest BCUT2D eigenvalue weighted by molar-refractivity contribution is -0.282. The van der Waals surface area contributed by atoms with Gasteiger partial charge in [-0.3, -0.25) is 0 Å². The molecule has 0 amide bonds. The van der Waals surface area contributed by atoms with E-state index in [2.05, 4.69) is 26.8 Å². The van der Waals surface area contributed by atoms with E-state index in [1.807, 2.05) is 0 Å². The van der Waals surface area contributed by atoms with Crippen LogP contribution in [0.2, 0.25) is 0 Å². The minimum atomic E-state index is -4.48. The van der Waals surface area contributed by atoms with Gasteiger partial charge in [-0.1, -0.05) is 25.5 Å². The largest absolute Gasteiger partial charge is 0.417 e. The Kier molecular flexibility index (Phi) is 3.80. The maximum absolute atomic E-state index is 13.4. The molecule has 5 rings (SSSR count). The Balaban J connectivity index is 1.40. The minimum Gasteiger partial charge on any atom is -0.380 e. The number of aliphatic hydroxyl groups is 1. The molecule has 4 heteroatoms. The second kappa shape index (κ2) is 5.55. The molecular formula is C23H33F3O. The number of hydrogen-bond acceptors (Lipinski definition) is 1. The molecule has 0 heterocycles. The molecule has 5 aliphatic rings. The van der Waals surface area contributed by atoms with E-state index in [9.17, 15) is 18.3 Å². The van der Waals surface area contributed by atoms with Gasteiger partial charge < -0.3 is 5.11 Å². The first-order chi connectivity index (χ1) is 12.6. The number of hydrogen-bond donors (Lipinski definition) is 1. The highest BCUT2D eigenvalue weighted by Crippen LogP contribution is 2.76. The zero-order valence-corrected chi connectivity index (χ0v) is 16.7. The highest BCUT2D eigenvalue weighted by Gasteiger charge is 2.70. The first kappa shape index (κ1) is 18.5. The van der Waals surface area contributed by atoms with Crippen LogP contribution in [0.25, 0.3) is 0 Å². The van der Waals surface area contributed by atoms with Crippen LogP contribution in [0.1, 0.15) is 65.7 Å². The maximum atomic E-state index is 13.4. The summed E-state index contributed by atoms with van der Waals surface area (Å²) < 4.78 is 40.1. The predicted molar refractivity (Wildman–Crippen MR) is 98.8 cm³/mol. The normalized spacial score (nSPS) is 58.3. The lowest BCUT2D eigenvalue weighted by atomic mass is 9.48. The summed E-state index contributed by atoms with van der Waals surface area (Å²) in [6.07, 6.45) is 2.66. The van der Waals surface area contributed by atoms with Crippen LogP contribution >= 0.6 is 0 Å². The second-order valence-corrected chi connectivity index (χ2v) is 10.8. The van der Waals surface area contributed by atoms with Gasteiger partial charge in [0.15, 0.2) is 5.60 Å². The van der Waals surface area contributed by atoms with E-state index < -0.39 is 11.8 Å². The van der Waals surface area contributed by atoms with E-state index in [0.717, 1.165) is 36.5 Å². The molecule has 5 saturated carbocycles. The average Bonchev–Trinajstić information content (AvgIpc) is 3.12. The highest BCUT2D eigenvalue weighted by molar-refractivity contribution is 5.36. The molecule has 0 spiro atoms. The second-order valence-electron chi connectivity index (χ2n) is 10.8. The Labute approximate surface area is 160 Å². The van der Waals surface area contributed by atoms with Crippen LogP contribution in [-0.2, 0) is 0 Å². The van der Waals surface area contributed by atoms with Crippen LogP contribution in [0.3, 0.4) is 0 Å². The fourth-order valence-electron chi connectivity index (χ4n) is 8.87. The van der Waals surface area contributed by atoms with Crippen LogP contribution in [0, 0.1) is 52.8 Å². The summed E-state index contributed by atoms with van der Waals surface area (Å²) in [5, 5.41) is 10.3. The van der Waals surface area contributed by atoms with Crippen molar-refractivity contribution in [3.8, 4) is 0 Å². The number of alkyl halides is 3. The Morgan fingerprint density at radius 2 is 1.74 bits per heavy atom. The molecule has 0 saturated heterocycles. The molecule has 0 aromatic carbocycles. The molecule has 0 aromatic heterocycles. The molecule has 27 heavy (non-hydrogen) atoms. The average molecular weight is 383 g/mol. The third-order valence-corrected chi connectivity index (χ3v) is 9.98. The molecule has 0 aliphatic heterocycles. The molecule has 1 N–H and O–H groups in total. The summed E-state index contributed by atoms with van der Waals surface area (Å²) in [6, 6.07) is 0. The minimum absolute atomic E-state index is 0.0606. The summed E-state index contributed by atoms with van der Waals surface area (Å²) in [5.41, 5.74) is -0.404. The number of fused-ring (bicyclic) bond motifs is 7. The Bertz CT molecular complexity index is 669. The van der Waals surface area contributed by atoms with Crippen molar-refractivity contribution >= 4 is 0 Å². The van der Waals surface area contributed by atoms with Crippen LogP contribution in [0.5, 0.6) is 0 Å². The first-order valence-corrected chi connectivity index (χ1v) is 11.1. The van der Waals surface area contributed by atoms with E-state index in [4.69, 9.17) is 0 Å².